The van der Waals surface area contributed by atoms with E-state index in [4.69, 9.17) is 17.5 Å². The second kappa shape index (κ2) is 8.12. The van der Waals surface area contributed by atoms with Crippen LogP contribution in [0.4, 0.5) is 5.82 Å². The average Bonchev–Trinajstić information content (AvgIpc) is 2.46. The van der Waals surface area contributed by atoms with Crippen molar-refractivity contribution in [1.82, 2.24) is 9.55 Å². The van der Waals surface area contributed by atoms with E-state index in [0.717, 1.165) is 6.20 Å². The van der Waals surface area contributed by atoms with Crippen molar-refractivity contribution in [2.45, 2.75) is 13.5 Å². The minimum absolute atomic E-state index is 0. The normalized spacial score (nSPS) is 10.0. The van der Waals surface area contributed by atoms with E-state index >= 15 is 0 Å². The first kappa shape index (κ1) is 19.3. The first-order valence-electron chi connectivity index (χ1n) is 4.09. The Balaban J connectivity index is 0. The number of rotatable bonds is 3. The molecule has 18 heavy (non-hydrogen) atoms. The third kappa shape index (κ3) is 8.10. The van der Waals surface area contributed by atoms with Crippen molar-refractivity contribution in [2.24, 2.45) is 0 Å². The zero-order valence-electron chi connectivity index (χ0n) is 8.97. The van der Waals surface area contributed by atoms with E-state index in [1.165, 1.54) is 4.57 Å². The molecule has 0 amide bonds. The van der Waals surface area contributed by atoms with Crippen molar-refractivity contribution >= 4 is 16.2 Å². The predicted octanol–water partition coefficient (Wildman–Crippen LogP) is -1.54. The largest absolute Gasteiger partial charge is 2.00 e. The topological polar surface area (TPSA) is 161 Å². The Bertz CT molecular complexity index is 477. The molecule has 1 heterocycles. The van der Waals surface area contributed by atoms with Crippen molar-refractivity contribution < 1.29 is 44.3 Å². The summed E-state index contributed by atoms with van der Waals surface area (Å²) in [6.07, 6.45) is 1.16. The van der Waals surface area contributed by atoms with Crippen molar-refractivity contribution in [1.29, 1.82) is 0 Å². The summed E-state index contributed by atoms with van der Waals surface area (Å²) in [5.74, 6) is 0.376. The van der Waals surface area contributed by atoms with Gasteiger partial charge in [0, 0.05) is 6.92 Å². The van der Waals surface area contributed by atoms with Gasteiger partial charge in [0.15, 0.2) is 5.82 Å². The van der Waals surface area contributed by atoms with Gasteiger partial charge in [-0.1, -0.05) is 0 Å². The summed E-state index contributed by atoms with van der Waals surface area (Å²) in [6, 6.07) is 0. The minimum Gasteiger partial charge on any atom is -0.852 e. The zero-order chi connectivity index (χ0) is 13.6. The molecule has 1 aromatic rings. The maximum atomic E-state index is 10.4. The zero-order valence-corrected chi connectivity index (χ0v) is 10.8. The van der Waals surface area contributed by atoms with Crippen LogP contribution >= 0.6 is 0 Å². The van der Waals surface area contributed by atoms with Gasteiger partial charge in [-0.15, -0.1) is 6.61 Å². The number of nitrogens with zero attached hydrogens (tertiary/aromatic N) is 3. The van der Waals surface area contributed by atoms with Crippen molar-refractivity contribution in [3.05, 3.63) is 22.1 Å². The Hall–Kier alpha value is -1.05. The molecule has 1 aromatic heterocycles. The molecule has 0 aliphatic rings. The third-order valence-electron chi connectivity index (χ3n) is 1.54. The molecular formula is C6H9CoN3O7S. The fourth-order valence-electron chi connectivity index (χ4n) is 0.970. The van der Waals surface area contributed by atoms with Gasteiger partial charge in [-0.05, 0) is 4.92 Å². The van der Waals surface area contributed by atoms with Crippen LogP contribution in [0.2, 0.25) is 0 Å². The van der Waals surface area contributed by atoms with Crippen LogP contribution in [0.5, 0.6) is 0 Å². The Morgan fingerprint density at radius 3 is 2.33 bits per heavy atom. The second-order valence-electron chi connectivity index (χ2n) is 2.70. The van der Waals surface area contributed by atoms with Crippen LogP contribution < -0.4 is 5.11 Å². The number of hydrogen-bond acceptors (Lipinski definition) is 7. The van der Waals surface area contributed by atoms with Crippen LogP contribution in [0.25, 0.3) is 0 Å². The molecule has 0 unspecified atom stereocenters. The second-order valence-corrected chi connectivity index (χ2v) is 3.56. The number of imidazole rings is 1. The summed E-state index contributed by atoms with van der Waals surface area (Å²) in [5, 5.41) is 20.6. The maximum Gasteiger partial charge on any atom is 2.00 e. The first-order chi connectivity index (χ1) is 7.66. The molecule has 0 aromatic carbocycles. The first-order valence-corrected chi connectivity index (χ1v) is 5.46. The maximum absolute atomic E-state index is 10.4. The summed E-state index contributed by atoms with van der Waals surface area (Å²) in [6.45, 7) is 1.35. The molecule has 0 fully saturated rings. The molecular weight excluding hydrogens is 317 g/mol. The predicted molar refractivity (Wildman–Crippen MR) is 50.8 cm³/mol. The number of aromatic nitrogens is 2. The van der Waals surface area contributed by atoms with Crippen LogP contribution in [0.15, 0.2) is 6.20 Å². The van der Waals surface area contributed by atoms with Crippen molar-refractivity contribution in [3.63, 3.8) is 0 Å². The Morgan fingerprint density at radius 1 is 1.56 bits per heavy atom. The van der Waals surface area contributed by atoms with Crippen LogP contribution in [-0.4, -0.2) is 38.6 Å². The Morgan fingerprint density at radius 2 is 2.00 bits per heavy atom. The molecule has 0 saturated heterocycles. The minimum atomic E-state index is -4.92. The van der Waals surface area contributed by atoms with E-state index in [0.29, 0.717) is 5.82 Å². The van der Waals surface area contributed by atoms with Gasteiger partial charge in [-0.2, -0.15) is 0 Å². The summed E-state index contributed by atoms with van der Waals surface area (Å²) < 4.78 is 34.1. The van der Waals surface area contributed by atoms with E-state index < -0.39 is 15.3 Å². The molecule has 1 rings (SSSR count). The van der Waals surface area contributed by atoms with Crippen LogP contribution in [0.1, 0.15) is 5.82 Å². The fourth-order valence-corrected chi connectivity index (χ4v) is 0.970. The van der Waals surface area contributed by atoms with Gasteiger partial charge in [0.25, 0.3) is 0 Å². The SMILES string of the molecule is Cc1ncc([N+](=O)[O-])n1CC[O-].O=S(=O)([O-])O.[Co+2]. The summed E-state index contributed by atoms with van der Waals surface area (Å²) in [4.78, 5) is 13.5. The summed E-state index contributed by atoms with van der Waals surface area (Å²) in [5.41, 5.74) is 0. The molecule has 0 saturated carbocycles. The van der Waals surface area contributed by atoms with Crippen molar-refractivity contribution in [2.75, 3.05) is 6.61 Å². The van der Waals surface area contributed by atoms with Gasteiger partial charge in [-0.3, -0.25) is 4.55 Å². The molecule has 10 nitrogen and oxygen atoms in total. The summed E-state index contributed by atoms with van der Waals surface area (Å²) in [7, 11) is -4.92. The van der Waals surface area contributed by atoms with Gasteiger partial charge >= 0.3 is 22.6 Å². The van der Waals surface area contributed by atoms with E-state index in [1.807, 2.05) is 0 Å². The molecule has 0 bridgehead atoms. The molecule has 1 radical (unpaired) electrons. The van der Waals surface area contributed by atoms with E-state index in [1.54, 1.807) is 6.92 Å². The quantitative estimate of drug-likeness (QED) is 0.302. The van der Waals surface area contributed by atoms with E-state index in [-0.39, 0.29) is 35.7 Å². The number of aryl methyl sites for hydroxylation is 1. The van der Waals surface area contributed by atoms with Gasteiger partial charge in [0.2, 0.25) is 10.4 Å². The average molecular weight is 326 g/mol. The molecule has 0 atom stereocenters. The number of hydrogen-bond donors (Lipinski definition) is 1. The summed E-state index contributed by atoms with van der Waals surface area (Å²) >= 11 is 0. The molecule has 12 heteroatoms. The monoisotopic (exact) mass is 326 g/mol. The van der Waals surface area contributed by atoms with Gasteiger partial charge < -0.3 is 19.8 Å². The van der Waals surface area contributed by atoms with Gasteiger partial charge in [0.05, 0.1) is 6.54 Å². The van der Waals surface area contributed by atoms with E-state index in [9.17, 15) is 15.2 Å². The van der Waals surface area contributed by atoms with Crippen LogP contribution in [0.3, 0.4) is 0 Å². The fraction of sp³-hybridized carbons (Fsp3) is 0.500. The molecule has 0 aliphatic heterocycles. The molecule has 1 N–H and O–H groups in total. The molecule has 105 valence electrons. The van der Waals surface area contributed by atoms with Gasteiger partial charge in [0.1, 0.15) is 6.20 Å². The molecule has 0 aliphatic carbocycles. The third-order valence-corrected chi connectivity index (χ3v) is 1.54. The standard InChI is InChI=1S/C6H8N3O3.Co.H2O4S/c1-5-7-4-6(9(11)12)8(5)2-3-10;;1-5(2,3)4/h4H,2-3H2,1H3;;(H2,1,2,3,4)/q-1;+2;/p-1. The molecule has 0 spiro atoms. The smallest absolute Gasteiger partial charge is 0.852 e. The Labute approximate surface area is 113 Å². The number of nitro groups is 1. The van der Waals surface area contributed by atoms with E-state index in [2.05, 4.69) is 4.98 Å². The van der Waals surface area contributed by atoms with Crippen molar-refractivity contribution in [3.8, 4) is 0 Å². The van der Waals surface area contributed by atoms with Gasteiger partial charge in [-0.25, -0.2) is 18.0 Å². The Kier molecular flexibility index (Phi) is 8.70. The van der Waals surface area contributed by atoms with Crippen LogP contribution in [-0.2, 0) is 33.7 Å². The van der Waals surface area contributed by atoms with Crippen LogP contribution in [0, 0.1) is 17.0 Å².